The molecule has 0 aliphatic rings. The standard InChI is InChI=1S/C9H9N3O2/c1-6-7-4-3-5-8(12(13)14)9(7)10-11(6)2/h3-5H,1-2H3. The van der Waals surface area contributed by atoms with Crippen LogP contribution in [0.1, 0.15) is 5.69 Å². The molecule has 0 aliphatic heterocycles. The Morgan fingerprint density at radius 3 is 2.86 bits per heavy atom. The maximum atomic E-state index is 10.7. The number of nitrogens with zero attached hydrogens (tertiary/aromatic N) is 3. The number of hydrogen-bond acceptors (Lipinski definition) is 3. The molecule has 0 fully saturated rings. The van der Waals surface area contributed by atoms with Gasteiger partial charge in [-0.25, -0.2) is 0 Å². The third kappa shape index (κ3) is 1.06. The second-order valence-corrected chi connectivity index (χ2v) is 3.14. The molecular formula is C9H9N3O2. The second kappa shape index (κ2) is 2.80. The van der Waals surface area contributed by atoms with Crippen LogP contribution in [-0.4, -0.2) is 14.7 Å². The third-order valence-electron chi connectivity index (χ3n) is 2.34. The predicted octanol–water partition coefficient (Wildman–Crippen LogP) is 1.79. The van der Waals surface area contributed by atoms with E-state index in [2.05, 4.69) is 5.10 Å². The van der Waals surface area contributed by atoms with Gasteiger partial charge in [0.15, 0.2) is 5.52 Å². The number of aromatic nitrogens is 2. The summed E-state index contributed by atoms with van der Waals surface area (Å²) in [5.74, 6) is 0. The van der Waals surface area contributed by atoms with Crippen molar-refractivity contribution in [3.63, 3.8) is 0 Å². The fourth-order valence-electron chi connectivity index (χ4n) is 1.48. The van der Waals surface area contributed by atoms with Gasteiger partial charge < -0.3 is 0 Å². The van der Waals surface area contributed by atoms with Crippen LogP contribution in [0.2, 0.25) is 0 Å². The maximum Gasteiger partial charge on any atom is 0.297 e. The van der Waals surface area contributed by atoms with Crippen molar-refractivity contribution in [3.05, 3.63) is 34.0 Å². The molecule has 0 spiro atoms. The van der Waals surface area contributed by atoms with E-state index < -0.39 is 4.92 Å². The van der Waals surface area contributed by atoms with Gasteiger partial charge in [0.05, 0.1) is 4.92 Å². The number of nitro benzene ring substituents is 1. The molecule has 2 aromatic rings. The monoisotopic (exact) mass is 191 g/mol. The van der Waals surface area contributed by atoms with Gasteiger partial charge in [0.2, 0.25) is 0 Å². The van der Waals surface area contributed by atoms with Crippen LogP contribution in [0.15, 0.2) is 18.2 Å². The molecule has 1 aromatic carbocycles. The Morgan fingerprint density at radius 1 is 1.50 bits per heavy atom. The first-order valence-corrected chi connectivity index (χ1v) is 4.18. The number of aryl methyl sites for hydroxylation is 2. The summed E-state index contributed by atoms with van der Waals surface area (Å²) in [6, 6.07) is 4.98. The lowest BCUT2D eigenvalue weighted by Crippen LogP contribution is -1.92. The van der Waals surface area contributed by atoms with Crippen LogP contribution in [0.4, 0.5) is 5.69 Å². The van der Waals surface area contributed by atoms with E-state index in [-0.39, 0.29) is 5.69 Å². The van der Waals surface area contributed by atoms with Gasteiger partial charge in [0.25, 0.3) is 5.69 Å². The van der Waals surface area contributed by atoms with E-state index in [1.54, 1.807) is 17.8 Å². The van der Waals surface area contributed by atoms with E-state index in [9.17, 15) is 10.1 Å². The van der Waals surface area contributed by atoms with Crippen molar-refractivity contribution in [1.82, 2.24) is 9.78 Å². The molecule has 0 N–H and O–H groups in total. The van der Waals surface area contributed by atoms with Crippen LogP contribution in [-0.2, 0) is 7.05 Å². The zero-order valence-electron chi connectivity index (χ0n) is 7.89. The minimum Gasteiger partial charge on any atom is -0.271 e. The fourth-order valence-corrected chi connectivity index (χ4v) is 1.48. The number of fused-ring (bicyclic) bond motifs is 1. The van der Waals surface area contributed by atoms with Gasteiger partial charge in [0.1, 0.15) is 0 Å². The van der Waals surface area contributed by atoms with Crippen molar-refractivity contribution >= 4 is 16.6 Å². The topological polar surface area (TPSA) is 61.0 Å². The Hall–Kier alpha value is -1.91. The molecule has 0 aliphatic carbocycles. The van der Waals surface area contributed by atoms with Gasteiger partial charge in [-0.05, 0) is 6.92 Å². The molecule has 72 valence electrons. The number of benzene rings is 1. The molecule has 0 amide bonds. The Morgan fingerprint density at radius 2 is 2.21 bits per heavy atom. The first kappa shape index (κ1) is 8.68. The second-order valence-electron chi connectivity index (χ2n) is 3.14. The molecule has 0 saturated carbocycles. The molecule has 1 heterocycles. The summed E-state index contributed by atoms with van der Waals surface area (Å²) in [7, 11) is 1.78. The first-order valence-electron chi connectivity index (χ1n) is 4.18. The molecule has 1 aromatic heterocycles. The minimum absolute atomic E-state index is 0.0613. The Bertz CT molecular complexity index is 516. The van der Waals surface area contributed by atoms with Gasteiger partial charge in [-0.15, -0.1) is 0 Å². The fraction of sp³-hybridized carbons (Fsp3) is 0.222. The summed E-state index contributed by atoms with van der Waals surface area (Å²) < 4.78 is 1.65. The average molecular weight is 191 g/mol. The molecular weight excluding hydrogens is 182 g/mol. The van der Waals surface area contributed by atoms with Crippen molar-refractivity contribution in [3.8, 4) is 0 Å². The molecule has 0 bridgehead atoms. The molecule has 5 nitrogen and oxygen atoms in total. The predicted molar refractivity (Wildman–Crippen MR) is 52.1 cm³/mol. The van der Waals surface area contributed by atoms with Gasteiger partial charge in [-0.3, -0.25) is 14.8 Å². The summed E-state index contributed by atoms with van der Waals surface area (Å²) in [5.41, 5.74) is 1.45. The number of rotatable bonds is 1. The van der Waals surface area contributed by atoms with Gasteiger partial charge in [-0.1, -0.05) is 12.1 Å². The zero-order valence-corrected chi connectivity index (χ0v) is 7.89. The van der Waals surface area contributed by atoms with E-state index in [1.807, 2.05) is 13.0 Å². The highest BCUT2D eigenvalue weighted by Gasteiger charge is 2.16. The quantitative estimate of drug-likeness (QED) is 0.510. The highest BCUT2D eigenvalue weighted by Crippen LogP contribution is 2.25. The van der Waals surface area contributed by atoms with Crippen molar-refractivity contribution in [1.29, 1.82) is 0 Å². The van der Waals surface area contributed by atoms with Gasteiger partial charge in [-0.2, -0.15) is 5.10 Å². The summed E-state index contributed by atoms with van der Waals surface area (Å²) in [4.78, 5) is 10.3. The zero-order chi connectivity index (χ0) is 10.3. The average Bonchev–Trinajstić information content (AvgIpc) is 2.43. The third-order valence-corrected chi connectivity index (χ3v) is 2.34. The van der Waals surface area contributed by atoms with Crippen molar-refractivity contribution in [2.75, 3.05) is 0 Å². The summed E-state index contributed by atoms with van der Waals surface area (Å²) >= 11 is 0. The minimum atomic E-state index is -0.408. The van der Waals surface area contributed by atoms with Crippen molar-refractivity contribution in [2.24, 2.45) is 7.05 Å². The molecule has 0 radical (unpaired) electrons. The van der Waals surface area contributed by atoms with Crippen molar-refractivity contribution in [2.45, 2.75) is 6.92 Å². The highest BCUT2D eigenvalue weighted by molar-refractivity contribution is 5.89. The SMILES string of the molecule is Cc1c2cccc([N+](=O)[O-])c2nn1C. The normalized spacial score (nSPS) is 10.7. The molecule has 0 atom stereocenters. The van der Waals surface area contributed by atoms with Crippen LogP contribution < -0.4 is 0 Å². The van der Waals surface area contributed by atoms with E-state index in [0.29, 0.717) is 5.52 Å². The maximum absolute atomic E-state index is 10.7. The lowest BCUT2D eigenvalue weighted by atomic mass is 10.2. The van der Waals surface area contributed by atoms with Crippen LogP contribution in [0.25, 0.3) is 10.9 Å². The van der Waals surface area contributed by atoms with E-state index in [0.717, 1.165) is 11.1 Å². The smallest absolute Gasteiger partial charge is 0.271 e. The van der Waals surface area contributed by atoms with Crippen LogP contribution >= 0.6 is 0 Å². The lowest BCUT2D eigenvalue weighted by Gasteiger charge is -1.91. The largest absolute Gasteiger partial charge is 0.297 e. The van der Waals surface area contributed by atoms with E-state index in [1.165, 1.54) is 6.07 Å². The number of hydrogen-bond donors (Lipinski definition) is 0. The number of nitro groups is 1. The lowest BCUT2D eigenvalue weighted by molar-refractivity contribution is -0.383. The highest BCUT2D eigenvalue weighted by atomic mass is 16.6. The van der Waals surface area contributed by atoms with Crippen LogP contribution in [0.3, 0.4) is 0 Å². The summed E-state index contributed by atoms with van der Waals surface area (Å²) in [6.45, 7) is 1.89. The molecule has 14 heavy (non-hydrogen) atoms. The Kier molecular flexibility index (Phi) is 1.73. The van der Waals surface area contributed by atoms with E-state index in [4.69, 9.17) is 0 Å². The Balaban J connectivity index is 2.88. The first-order chi connectivity index (χ1) is 6.61. The van der Waals surface area contributed by atoms with E-state index >= 15 is 0 Å². The molecule has 2 rings (SSSR count). The Labute approximate surface area is 80.1 Å². The van der Waals surface area contributed by atoms with Crippen molar-refractivity contribution < 1.29 is 4.92 Å². The summed E-state index contributed by atoms with van der Waals surface area (Å²) in [6.07, 6.45) is 0. The molecule has 0 unspecified atom stereocenters. The molecule has 0 saturated heterocycles. The van der Waals surface area contributed by atoms with Crippen LogP contribution in [0, 0.1) is 17.0 Å². The van der Waals surface area contributed by atoms with Gasteiger partial charge >= 0.3 is 0 Å². The van der Waals surface area contributed by atoms with Crippen LogP contribution in [0.5, 0.6) is 0 Å². The number of non-ortho nitro benzene ring substituents is 1. The molecule has 5 heteroatoms. The van der Waals surface area contributed by atoms with Gasteiger partial charge in [0, 0.05) is 24.2 Å². The summed E-state index contributed by atoms with van der Waals surface area (Å²) in [5, 5.41) is 15.6.